The third-order valence-electron chi connectivity index (χ3n) is 4.26. The molecule has 0 amide bonds. The molecule has 112 valence electrons. The Labute approximate surface area is 122 Å². The van der Waals surface area contributed by atoms with Crippen molar-refractivity contribution in [3.63, 3.8) is 0 Å². The van der Waals surface area contributed by atoms with Gasteiger partial charge in [0, 0.05) is 6.04 Å². The van der Waals surface area contributed by atoms with E-state index in [-0.39, 0.29) is 0 Å². The van der Waals surface area contributed by atoms with E-state index in [1.54, 1.807) is 14.2 Å². The van der Waals surface area contributed by atoms with Gasteiger partial charge in [-0.15, -0.1) is 0 Å². The maximum atomic E-state index is 5.59. The van der Waals surface area contributed by atoms with Gasteiger partial charge in [0.1, 0.15) is 11.5 Å². The Balaban J connectivity index is 2.35. The van der Waals surface area contributed by atoms with Gasteiger partial charge in [-0.05, 0) is 43.9 Å². The fourth-order valence-corrected chi connectivity index (χ4v) is 3.28. The standard InChI is InChI=1S/C17H27NO2/c1-4-12-18-17(13-8-5-6-9-13)16-14(19-2)10-7-11-15(16)20-3/h7,10-11,13,17-18H,4-6,8-9,12H2,1-3H3. The van der Waals surface area contributed by atoms with Gasteiger partial charge in [-0.25, -0.2) is 0 Å². The lowest BCUT2D eigenvalue weighted by molar-refractivity contribution is 0.325. The summed E-state index contributed by atoms with van der Waals surface area (Å²) in [4.78, 5) is 0. The number of nitrogens with one attached hydrogen (secondary N) is 1. The molecule has 1 aliphatic carbocycles. The molecule has 1 saturated carbocycles. The first-order chi connectivity index (χ1) is 9.81. The van der Waals surface area contributed by atoms with Crippen molar-refractivity contribution in [3.05, 3.63) is 23.8 Å². The molecule has 1 fully saturated rings. The molecular weight excluding hydrogens is 250 g/mol. The molecule has 0 saturated heterocycles. The smallest absolute Gasteiger partial charge is 0.127 e. The molecule has 1 unspecified atom stereocenters. The van der Waals surface area contributed by atoms with Crippen LogP contribution in [0.2, 0.25) is 0 Å². The van der Waals surface area contributed by atoms with Crippen LogP contribution in [0.4, 0.5) is 0 Å². The maximum absolute atomic E-state index is 5.59. The third-order valence-corrected chi connectivity index (χ3v) is 4.26. The van der Waals surface area contributed by atoms with Crippen molar-refractivity contribution in [3.8, 4) is 11.5 Å². The second-order valence-electron chi connectivity index (χ2n) is 5.55. The zero-order chi connectivity index (χ0) is 14.4. The molecule has 2 rings (SSSR count). The summed E-state index contributed by atoms with van der Waals surface area (Å²) in [6.07, 6.45) is 6.41. The molecule has 3 nitrogen and oxygen atoms in total. The van der Waals surface area contributed by atoms with Gasteiger partial charge in [-0.3, -0.25) is 0 Å². The lowest BCUT2D eigenvalue weighted by Gasteiger charge is -2.28. The van der Waals surface area contributed by atoms with E-state index in [9.17, 15) is 0 Å². The highest BCUT2D eigenvalue weighted by Crippen LogP contribution is 2.43. The number of hydrogen-bond donors (Lipinski definition) is 1. The van der Waals surface area contributed by atoms with E-state index in [0.717, 1.165) is 24.5 Å². The Morgan fingerprint density at radius 2 is 1.75 bits per heavy atom. The average molecular weight is 277 g/mol. The van der Waals surface area contributed by atoms with Crippen LogP contribution < -0.4 is 14.8 Å². The van der Waals surface area contributed by atoms with Crippen LogP contribution in [0.5, 0.6) is 11.5 Å². The van der Waals surface area contributed by atoms with Gasteiger partial charge in [-0.2, -0.15) is 0 Å². The molecule has 3 heteroatoms. The molecule has 1 aliphatic rings. The lowest BCUT2D eigenvalue weighted by atomic mass is 9.90. The molecule has 0 bridgehead atoms. The highest BCUT2D eigenvalue weighted by molar-refractivity contribution is 5.47. The molecule has 1 aromatic carbocycles. The van der Waals surface area contributed by atoms with Crippen molar-refractivity contribution in [1.29, 1.82) is 0 Å². The molecule has 0 aliphatic heterocycles. The van der Waals surface area contributed by atoms with Gasteiger partial charge in [-0.1, -0.05) is 25.8 Å². The van der Waals surface area contributed by atoms with E-state index < -0.39 is 0 Å². The average Bonchev–Trinajstić information content (AvgIpc) is 3.01. The number of hydrogen-bond acceptors (Lipinski definition) is 3. The quantitative estimate of drug-likeness (QED) is 0.819. The molecule has 1 atom stereocenters. The van der Waals surface area contributed by atoms with Gasteiger partial charge in [0.05, 0.1) is 19.8 Å². The number of rotatable bonds is 7. The predicted octanol–water partition coefficient (Wildman–Crippen LogP) is 3.93. The first-order valence-corrected chi connectivity index (χ1v) is 7.76. The number of benzene rings is 1. The topological polar surface area (TPSA) is 30.5 Å². The molecule has 0 heterocycles. The van der Waals surface area contributed by atoms with Crippen molar-refractivity contribution in [1.82, 2.24) is 5.32 Å². The van der Waals surface area contributed by atoms with Crippen molar-refractivity contribution in [2.24, 2.45) is 5.92 Å². The summed E-state index contributed by atoms with van der Waals surface area (Å²) in [5, 5.41) is 3.72. The van der Waals surface area contributed by atoms with E-state index in [1.165, 1.54) is 31.2 Å². The normalized spacial score (nSPS) is 17.1. The van der Waals surface area contributed by atoms with Gasteiger partial charge >= 0.3 is 0 Å². The minimum Gasteiger partial charge on any atom is -0.496 e. The summed E-state index contributed by atoms with van der Waals surface area (Å²) in [7, 11) is 3.48. The van der Waals surface area contributed by atoms with Crippen LogP contribution in [-0.4, -0.2) is 20.8 Å². The molecule has 20 heavy (non-hydrogen) atoms. The van der Waals surface area contributed by atoms with Gasteiger partial charge < -0.3 is 14.8 Å². The Morgan fingerprint density at radius 1 is 1.15 bits per heavy atom. The van der Waals surface area contributed by atoms with Crippen LogP contribution in [0.15, 0.2) is 18.2 Å². The summed E-state index contributed by atoms with van der Waals surface area (Å²) < 4.78 is 11.2. The maximum Gasteiger partial charge on any atom is 0.127 e. The Morgan fingerprint density at radius 3 is 2.25 bits per heavy atom. The van der Waals surface area contributed by atoms with Crippen LogP contribution in [-0.2, 0) is 0 Å². The molecule has 1 aromatic rings. The van der Waals surface area contributed by atoms with Gasteiger partial charge in [0.25, 0.3) is 0 Å². The van der Waals surface area contributed by atoms with Crippen LogP contribution >= 0.6 is 0 Å². The summed E-state index contributed by atoms with van der Waals surface area (Å²) in [5.74, 6) is 2.56. The van der Waals surface area contributed by atoms with E-state index in [0.29, 0.717) is 12.0 Å². The number of methoxy groups -OCH3 is 2. The first kappa shape index (κ1) is 15.2. The summed E-state index contributed by atoms with van der Waals surface area (Å²) in [5.41, 5.74) is 1.19. The highest BCUT2D eigenvalue weighted by Gasteiger charge is 2.30. The second-order valence-corrected chi connectivity index (χ2v) is 5.55. The molecular formula is C17H27NO2. The zero-order valence-electron chi connectivity index (χ0n) is 12.9. The molecule has 0 radical (unpaired) electrons. The predicted molar refractivity (Wildman–Crippen MR) is 82.5 cm³/mol. The minimum atomic E-state index is 0.337. The zero-order valence-corrected chi connectivity index (χ0v) is 12.9. The Bertz CT molecular complexity index is 391. The van der Waals surface area contributed by atoms with Crippen molar-refractivity contribution in [2.75, 3.05) is 20.8 Å². The number of ether oxygens (including phenoxy) is 2. The van der Waals surface area contributed by atoms with Crippen LogP contribution in [0.1, 0.15) is 50.6 Å². The van der Waals surface area contributed by atoms with E-state index in [1.807, 2.05) is 18.2 Å². The molecule has 1 N–H and O–H groups in total. The van der Waals surface area contributed by atoms with Crippen molar-refractivity contribution in [2.45, 2.75) is 45.1 Å². The first-order valence-electron chi connectivity index (χ1n) is 7.76. The fourth-order valence-electron chi connectivity index (χ4n) is 3.28. The third kappa shape index (κ3) is 3.26. The molecule has 0 spiro atoms. The SMILES string of the molecule is CCCNC(c1c(OC)cccc1OC)C1CCCC1. The summed E-state index contributed by atoms with van der Waals surface area (Å²) in [6.45, 7) is 3.24. The summed E-state index contributed by atoms with van der Waals surface area (Å²) >= 11 is 0. The largest absolute Gasteiger partial charge is 0.496 e. The van der Waals surface area contributed by atoms with Crippen LogP contribution in [0, 0.1) is 5.92 Å². The van der Waals surface area contributed by atoms with E-state index >= 15 is 0 Å². The van der Waals surface area contributed by atoms with Gasteiger partial charge in [0.15, 0.2) is 0 Å². The van der Waals surface area contributed by atoms with E-state index in [2.05, 4.69) is 12.2 Å². The summed E-state index contributed by atoms with van der Waals surface area (Å²) in [6, 6.07) is 6.40. The van der Waals surface area contributed by atoms with Crippen molar-refractivity contribution < 1.29 is 9.47 Å². The highest BCUT2D eigenvalue weighted by atomic mass is 16.5. The lowest BCUT2D eigenvalue weighted by Crippen LogP contribution is -2.28. The van der Waals surface area contributed by atoms with E-state index in [4.69, 9.17) is 9.47 Å². The fraction of sp³-hybridized carbons (Fsp3) is 0.647. The minimum absolute atomic E-state index is 0.337. The molecule has 0 aromatic heterocycles. The van der Waals surface area contributed by atoms with Gasteiger partial charge in [0.2, 0.25) is 0 Å². The Kier molecular flexibility index (Phi) is 5.72. The Hall–Kier alpha value is -1.22. The second kappa shape index (κ2) is 7.53. The monoisotopic (exact) mass is 277 g/mol. The van der Waals surface area contributed by atoms with Crippen LogP contribution in [0.25, 0.3) is 0 Å². The van der Waals surface area contributed by atoms with Crippen LogP contribution in [0.3, 0.4) is 0 Å². The van der Waals surface area contributed by atoms with Crippen molar-refractivity contribution >= 4 is 0 Å².